The maximum absolute atomic E-state index is 10.5. The summed E-state index contributed by atoms with van der Waals surface area (Å²) in [5, 5.41) is 0. The molecule has 0 heterocycles. The van der Waals surface area contributed by atoms with Gasteiger partial charge in [0, 0.05) is 19.8 Å². The van der Waals surface area contributed by atoms with Gasteiger partial charge in [-0.05, 0) is 39.5 Å². The van der Waals surface area contributed by atoms with Crippen molar-refractivity contribution < 1.29 is 19.0 Å². The quantitative estimate of drug-likeness (QED) is 0.589. The molecule has 0 saturated heterocycles. The highest BCUT2D eigenvalue weighted by atomic mass is 16.5. The molecule has 0 unspecified atom stereocenters. The van der Waals surface area contributed by atoms with Crippen LogP contribution in [0.2, 0.25) is 0 Å². The van der Waals surface area contributed by atoms with E-state index in [1.165, 1.54) is 0 Å². The third kappa shape index (κ3) is 34.0. The molecule has 0 aliphatic heterocycles. The largest absolute Gasteiger partial charge is 0.466 e. The zero-order valence-electron chi connectivity index (χ0n) is 17.3. The number of esters is 1. The third-order valence-corrected chi connectivity index (χ3v) is 2.18. The Bertz CT molecular complexity index is 228. The van der Waals surface area contributed by atoms with E-state index in [4.69, 9.17) is 9.47 Å². The minimum atomic E-state index is -0.118. The lowest BCUT2D eigenvalue weighted by atomic mass is 10.2. The summed E-state index contributed by atoms with van der Waals surface area (Å²) in [5.41, 5.74) is 0. The highest BCUT2D eigenvalue weighted by molar-refractivity contribution is 5.71. The van der Waals surface area contributed by atoms with Crippen molar-refractivity contribution in [2.45, 2.75) is 75.3 Å². The molecule has 0 aromatic carbocycles. The summed E-state index contributed by atoms with van der Waals surface area (Å²) in [7, 11) is 0. The first kappa shape index (κ1) is 27.2. The van der Waals surface area contributed by atoms with Crippen LogP contribution in [0.4, 0.5) is 0 Å². The summed E-state index contributed by atoms with van der Waals surface area (Å²) < 4.78 is 15.1. The van der Waals surface area contributed by atoms with Gasteiger partial charge in [0.1, 0.15) is 0 Å². The van der Waals surface area contributed by atoms with Gasteiger partial charge in [0.15, 0.2) is 0 Å². The molecule has 0 fully saturated rings. The molecule has 0 saturated carbocycles. The minimum absolute atomic E-state index is 0.00921. The van der Waals surface area contributed by atoms with Gasteiger partial charge >= 0.3 is 5.97 Å². The van der Waals surface area contributed by atoms with E-state index in [2.05, 4.69) is 46.3 Å². The first-order valence-corrected chi connectivity index (χ1v) is 8.94. The van der Waals surface area contributed by atoms with Crippen molar-refractivity contribution in [2.24, 2.45) is 17.8 Å². The highest BCUT2D eigenvalue weighted by Gasteiger charge is 2.04. The van der Waals surface area contributed by atoms with Crippen LogP contribution in [0.3, 0.4) is 0 Å². The van der Waals surface area contributed by atoms with Crippen molar-refractivity contribution >= 4 is 5.97 Å². The van der Waals surface area contributed by atoms with Crippen LogP contribution < -0.4 is 0 Å². The molecule has 23 heavy (non-hydrogen) atoms. The SMILES string of the molecule is CC(C)COC(C)C.CCOC(=O)C(C)C.CCOCC(C)C. The van der Waals surface area contributed by atoms with Crippen molar-refractivity contribution in [2.75, 3.05) is 26.4 Å². The zero-order chi connectivity index (χ0) is 18.8. The van der Waals surface area contributed by atoms with E-state index < -0.39 is 0 Å². The van der Waals surface area contributed by atoms with E-state index >= 15 is 0 Å². The fourth-order valence-corrected chi connectivity index (χ4v) is 1.05. The Hall–Kier alpha value is -0.610. The Kier molecular flexibility index (Phi) is 23.0. The predicted octanol–water partition coefficient (Wildman–Crippen LogP) is 4.95. The molecule has 142 valence electrons. The maximum atomic E-state index is 10.5. The van der Waals surface area contributed by atoms with Crippen molar-refractivity contribution in [3.05, 3.63) is 0 Å². The second-order valence-corrected chi connectivity index (χ2v) is 6.74. The van der Waals surface area contributed by atoms with Crippen molar-refractivity contribution in [1.29, 1.82) is 0 Å². The second-order valence-electron chi connectivity index (χ2n) is 6.74. The Morgan fingerprint density at radius 3 is 1.39 bits per heavy atom. The first-order chi connectivity index (χ1) is 10.6. The Morgan fingerprint density at radius 2 is 1.26 bits per heavy atom. The van der Waals surface area contributed by atoms with Gasteiger partial charge in [-0.2, -0.15) is 0 Å². The molecule has 0 amide bonds. The average molecular weight is 335 g/mol. The Balaban J connectivity index is -0.000000262. The fourth-order valence-electron chi connectivity index (χ4n) is 1.05. The lowest BCUT2D eigenvalue weighted by molar-refractivity contribution is -0.146. The summed E-state index contributed by atoms with van der Waals surface area (Å²) in [6.07, 6.45) is 0.386. The fraction of sp³-hybridized carbons (Fsp3) is 0.947. The van der Waals surface area contributed by atoms with Gasteiger partial charge in [0.05, 0.1) is 18.6 Å². The second kappa shape index (κ2) is 19.4. The smallest absolute Gasteiger partial charge is 0.308 e. The van der Waals surface area contributed by atoms with E-state index in [-0.39, 0.29) is 11.9 Å². The van der Waals surface area contributed by atoms with E-state index in [9.17, 15) is 4.79 Å². The normalized spacial score (nSPS) is 10.3. The molecular formula is C19H42O4. The molecule has 0 aliphatic carbocycles. The number of hydrogen-bond donors (Lipinski definition) is 0. The molecule has 0 rings (SSSR count). The lowest BCUT2D eigenvalue weighted by Gasteiger charge is -2.08. The van der Waals surface area contributed by atoms with Crippen molar-refractivity contribution in [1.82, 2.24) is 0 Å². The molecule has 0 aromatic heterocycles. The Labute approximate surface area is 145 Å². The van der Waals surface area contributed by atoms with Gasteiger partial charge < -0.3 is 14.2 Å². The van der Waals surface area contributed by atoms with E-state index in [1.54, 1.807) is 6.92 Å². The topological polar surface area (TPSA) is 44.8 Å². The van der Waals surface area contributed by atoms with Crippen LogP contribution in [-0.4, -0.2) is 38.5 Å². The molecule has 0 bridgehead atoms. The zero-order valence-corrected chi connectivity index (χ0v) is 17.3. The number of hydrogen-bond acceptors (Lipinski definition) is 4. The summed E-state index contributed by atoms with van der Waals surface area (Å²) in [5.74, 6) is 1.24. The van der Waals surface area contributed by atoms with Crippen molar-refractivity contribution in [3.63, 3.8) is 0 Å². The average Bonchev–Trinajstić information content (AvgIpc) is 2.44. The predicted molar refractivity (Wildman–Crippen MR) is 98.7 cm³/mol. The highest BCUT2D eigenvalue weighted by Crippen LogP contribution is 1.95. The lowest BCUT2D eigenvalue weighted by Crippen LogP contribution is -2.10. The van der Waals surface area contributed by atoms with Crippen molar-refractivity contribution in [3.8, 4) is 0 Å². The van der Waals surface area contributed by atoms with E-state index in [1.807, 2.05) is 20.8 Å². The molecule has 0 N–H and O–H groups in total. The van der Waals surface area contributed by atoms with E-state index in [0.717, 1.165) is 19.8 Å². The maximum Gasteiger partial charge on any atom is 0.308 e. The molecule has 0 atom stereocenters. The van der Waals surface area contributed by atoms with Crippen LogP contribution in [0.1, 0.15) is 69.2 Å². The molecular weight excluding hydrogens is 292 g/mol. The van der Waals surface area contributed by atoms with E-state index in [0.29, 0.717) is 24.5 Å². The summed E-state index contributed by atoms with van der Waals surface area (Å²) in [4.78, 5) is 10.5. The number of ether oxygens (including phenoxy) is 3. The number of carbonyl (C=O) groups is 1. The number of carbonyl (C=O) groups excluding carboxylic acids is 1. The molecule has 0 aliphatic rings. The van der Waals surface area contributed by atoms with Crippen LogP contribution in [0, 0.1) is 17.8 Å². The summed E-state index contributed by atoms with van der Waals surface area (Å²) in [6, 6.07) is 0. The Morgan fingerprint density at radius 1 is 0.783 bits per heavy atom. The summed E-state index contributed by atoms with van der Waals surface area (Å²) in [6.45, 7) is 23.3. The van der Waals surface area contributed by atoms with Gasteiger partial charge in [-0.3, -0.25) is 4.79 Å². The molecule has 0 spiro atoms. The van der Waals surface area contributed by atoms with Crippen LogP contribution >= 0.6 is 0 Å². The first-order valence-electron chi connectivity index (χ1n) is 8.94. The molecule has 4 heteroatoms. The number of rotatable bonds is 8. The molecule has 4 nitrogen and oxygen atoms in total. The van der Waals surface area contributed by atoms with Crippen LogP contribution in [0.25, 0.3) is 0 Å². The van der Waals surface area contributed by atoms with Gasteiger partial charge in [-0.1, -0.05) is 41.5 Å². The molecule has 0 radical (unpaired) electrons. The van der Waals surface area contributed by atoms with Gasteiger partial charge in [0.2, 0.25) is 0 Å². The van der Waals surface area contributed by atoms with Crippen LogP contribution in [0.15, 0.2) is 0 Å². The minimum Gasteiger partial charge on any atom is -0.466 e. The monoisotopic (exact) mass is 334 g/mol. The standard InChI is InChI=1S/C7H16O.C6H12O2.C6H14O/c1-6(2)5-8-7(3)4;1-4-8-6(7)5(2)3;1-4-7-5-6(2)3/h6-7H,5H2,1-4H3;5H,4H2,1-3H3;6H,4-5H2,1-3H3. The van der Waals surface area contributed by atoms with Gasteiger partial charge in [-0.25, -0.2) is 0 Å². The van der Waals surface area contributed by atoms with Gasteiger partial charge in [0.25, 0.3) is 0 Å². The van der Waals surface area contributed by atoms with Gasteiger partial charge in [-0.15, -0.1) is 0 Å². The third-order valence-electron chi connectivity index (χ3n) is 2.18. The molecule has 0 aromatic rings. The van der Waals surface area contributed by atoms with Crippen LogP contribution in [-0.2, 0) is 19.0 Å². The van der Waals surface area contributed by atoms with Crippen LogP contribution in [0.5, 0.6) is 0 Å². The summed E-state index contributed by atoms with van der Waals surface area (Å²) >= 11 is 0.